The Hall–Kier alpha value is -3.95. The van der Waals surface area contributed by atoms with E-state index in [1.807, 2.05) is 0 Å². The number of hydrogen-bond acceptors (Lipinski definition) is 5. The first-order valence-electron chi connectivity index (χ1n) is 11.4. The van der Waals surface area contributed by atoms with Crippen molar-refractivity contribution in [3.8, 4) is 0 Å². The van der Waals surface area contributed by atoms with Crippen LogP contribution in [0.1, 0.15) is 53.2 Å². The van der Waals surface area contributed by atoms with Crippen molar-refractivity contribution in [3.63, 3.8) is 0 Å². The standard InChI is InChI=1S/C26H21F4N3O3/c27-17-7-8-19-24(18(31)12-21(33-19)26(28,29)30)23(17)13-1-5-16(6-2-13)32-25(35)15-3-9-20-14(11-15)4-10-22(34)36-20/h3-4,7-13,16H,1-2,5-6H2,(H2,31,33)(H,32,35). The van der Waals surface area contributed by atoms with E-state index in [4.69, 9.17) is 10.2 Å². The first kappa shape index (κ1) is 23.8. The van der Waals surface area contributed by atoms with E-state index >= 15 is 0 Å². The Morgan fingerprint density at radius 3 is 2.50 bits per heavy atom. The van der Waals surface area contributed by atoms with E-state index in [0.29, 0.717) is 42.2 Å². The number of nitrogens with one attached hydrogen (secondary N) is 1. The lowest BCUT2D eigenvalue weighted by atomic mass is 9.80. The molecule has 0 radical (unpaired) electrons. The summed E-state index contributed by atoms with van der Waals surface area (Å²) in [5, 5.41) is 3.81. The number of pyridine rings is 1. The molecule has 2 aromatic heterocycles. The van der Waals surface area contributed by atoms with Gasteiger partial charge < -0.3 is 15.5 Å². The van der Waals surface area contributed by atoms with Crippen LogP contribution in [-0.2, 0) is 6.18 Å². The summed E-state index contributed by atoms with van der Waals surface area (Å²) in [5.41, 5.74) is 5.26. The van der Waals surface area contributed by atoms with Crippen molar-refractivity contribution in [1.29, 1.82) is 0 Å². The minimum Gasteiger partial charge on any atom is -0.423 e. The molecule has 1 saturated carbocycles. The smallest absolute Gasteiger partial charge is 0.423 e. The number of nitrogens with two attached hydrogens (primary N) is 1. The van der Waals surface area contributed by atoms with Crippen molar-refractivity contribution in [1.82, 2.24) is 10.3 Å². The van der Waals surface area contributed by atoms with E-state index in [1.165, 1.54) is 12.1 Å². The van der Waals surface area contributed by atoms with Gasteiger partial charge in [0.2, 0.25) is 0 Å². The molecule has 0 spiro atoms. The van der Waals surface area contributed by atoms with Crippen LogP contribution in [0.3, 0.4) is 0 Å². The Morgan fingerprint density at radius 1 is 1.03 bits per heavy atom. The first-order valence-corrected chi connectivity index (χ1v) is 11.4. The molecule has 0 saturated heterocycles. The molecule has 0 atom stereocenters. The van der Waals surface area contributed by atoms with Crippen LogP contribution in [0.15, 0.2) is 57.7 Å². The molecule has 10 heteroatoms. The number of fused-ring (bicyclic) bond motifs is 2. The zero-order chi connectivity index (χ0) is 25.6. The summed E-state index contributed by atoms with van der Waals surface area (Å²) in [4.78, 5) is 27.8. The van der Waals surface area contributed by atoms with E-state index in [9.17, 15) is 27.2 Å². The molecule has 4 aromatic rings. The molecular formula is C26H21F4N3O3. The summed E-state index contributed by atoms with van der Waals surface area (Å²) in [6, 6.07) is 10.6. The van der Waals surface area contributed by atoms with Gasteiger partial charge >= 0.3 is 11.8 Å². The number of nitrogens with zero attached hydrogens (tertiary/aromatic N) is 1. The molecule has 0 bridgehead atoms. The van der Waals surface area contributed by atoms with E-state index in [2.05, 4.69) is 10.3 Å². The number of anilines is 1. The Kier molecular flexibility index (Phi) is 5.89. The molecule has 0 unspecified atom stereocenters. The van der Waals surface area contributed by atoms with Gasteiger partial charge in [-0.05, 0) is 74.1 Å². The third-order valence-electron chi connectivity index (χ3n) is 6.63. The zero-order valence-electron chi connectivity index (χ0n) is 18.9. The normalized spacial score (nSPS) is 18.4. The number of carbonyl (C=O) groups excluding carboxylic acids is 1. The van der Waals surface area contributed by atoms with Crippen molar-refractivity contribution in [3.05, 3.63) is 81.6 Å². The Bertz CT molecular complexity index is 1540. The lowest BCUT2D eigenvalue weighted by Gasteiger charge is -2.30. The Labute approximate surface area is 202 Å². The van der Waals surface area contributed by atoms with E-state index in [-0.39, 0.29) is 40.0 Å². The molecule has 186 valence electrons. The van der Waals surface area contributed by atoms with Crippen molar-refractivity contribution < 1.29 is 26.8 Å². The number of nitrogen functional groups attached to an aromatic ring is 1. The number of hydrogen-bond donors (Lipinski definition) is 2. The monoisotopic (exact) mass is 499 g/mol. The maximum atomic E-state index is 14.9. The quantitative estimate of drug-likeness (QED) is 0.285. The van der Waals surface area contributed by atoms with Crippen LogP contribution in [0, 0.1) is 5.82 Å². The molecule has 1 aliphatic rings. The second-order valence-electron chi connectivity index (χ2n) is 8.98. The van der Waals surface area contributed by atoms with Gasteiger partial charge in [-0.1, -0.05) is 0 Å². The second-order valence-corrected chi connectivity index (χ2v) is 8.98. The minimum absolute atomic E-state index is 0.00119. The first-order chi connectivity index (χ1) is 17.1. The fourth-order valence-electron chi connectivity index (χ4n) is 4.91. The molecule has 2 heterocycles. The highest BCUT2D eigenvalue weighted by molar-refractivity contribution is 5.98. The second kappa shape index (κ2) is 8.92. The summed E-state index contributed by atoms with van der Waals surface area (Å²) in [5.74, 6) is -1.09. The molecule has 36 heavy (non-hydrogen) atoms. The van der Waals surface area contributed by atoms with Gasteiger partial charge in [-0.3, -0.25) is 4.79 Å². The van der Waals surface area contributed by atoms with Crippen molar-refractivity contribution >= 4 is 33.5 Å². The highest BCUT2D eigenvalue weighted by atomic mass is 19.4. The average Bonchev–Trinajstić information content (AvgIpc) is 2.84. The highest BCUT2D eigenvalue weighted by Gasteiger charge is 2.34. The topological polar surface area (TPSA) is 98.2 Å². The maximum Gasteiger partial charge on any atom is 0.433 e. The van der Waals surface area contributed by atoms with Gasteiger partial charge in [0.15, 0.2) is 0 Å². The number of carbonyl (C=O) groups is 1. The summed E-state index contributed by atoms with van der Waals surface area (Å²) in [6.07, 6.45) is -2.51. The molecule has 1 amide bonds. The van der Waals surface area contributed by atoms with Crippen molar-refractivity contribution in [2.75, 3.05) is 5.73 Å². The predicted octanol–water partition coefficient (Wildman–Crippen LogP) is 5.54. The number of benzene rings is 2. The molecule has 1 aliphatic carbocycles. The third-order valence-corrected chi connectivity index (χ3v) is 6.63. The number of rotatable bonds is 3. The van der Waals surface area contributed by atoms with E-state index in [0.717, 1.165) is 12.1 Å². The summed E-state index contributed by atoms with van der Waals surface area (Å²) < 4.78 is 59.4. The fraction of sp³-hybridized carbons (Fsp3) is 0.269. The van der Waals surface area contributed by atoms with Crippen molar-refractivity contribution in [2.24, 2.45) is 0 Å². The van der Waals surface area contributed by atoms with Gasteiger partial charge in [0, 0.05) is 39.7 Å². The van der Waals surface area contributed by atoms with Crippen molar-refractivity contribution in [2.45, 2.75) is 43.8 Å². The number of aromatic nitrogens is 1. The number of halogens is 4. The summed E-state index contributed by atoms with van der Waals surface area (Å²) >= 11 is 0. The lowest BCUT2D eigenvalue weighted by Crippen LogP contribution is -2.37. The molecule has 1 fully saturated rings. The van der Waals surface area contributed by atoms with Gasteiger partial charge in [-0.25, -0.2) is 14.2 Å². The fourth-order valence-corrected chi connectivity index (χ4v) is 4.91. The summed E-state index contributed by atoms with van der Waals surface area (Å²) in [6.45, 7) is 0. The van der Waals surface area contributed by atoms with Gasteiger partial charge in [0.25, 0.3) is 5.91 Å². The molecule has 2 aromatic carbocycles. The molecule has 3 N–H and O–H groups in total. The SMILES string of the molecule is Nc1cc(C(F)(F)F)nc2ccc(F)c(C3CCC(NC(=O)c4ccc5oc(=O)ccc5c4)CC3)c12. The predicted molar refractivity (Wildman–Crippen MR) is 126 cm³/mol. The van der Waals surface area contributed by atoms with Gasteiger partial charge in [0.05, 0.1) is 5.52 Å². The maximum absolute atomic E-state index is 14.9. The van der Waals surface area contributed by atoms with Gasteiger partial charge in [-0.15, -0.1) is 0 Å². The molecule has 0 aliphatic heterocycles. The van der Waals surface area contributed by atoms with E-state index < -0.39 is 23.3 Å². The van der Waals surface area contributed by atoms with Gasteiger partial charge in [-0.2, -0.15) is 13.2 Å². The van der Waals surface area contributed by atoms with Crippen LogP contribution in [0.25, 0.3) is 21.9 Å². The van der Waals surface area contributed by atoms with E-state index in [1.54, 1.807) is 24.3 Å². The zero-order valence-corrected chi connectivity index (χ0v) is 18.9. The lowest BCUT2D eigenvalue weighted by molar-refractivity contribution is -0.140. The molecule has 6 nitrogen and oxygen atoms in total. The van der Waals surface area contributed by atoms with Crippen LogP contribution in [0.2, 0.25) is 0 Å². The largest absolute Gasteiger partial charge is 0.433 e. The molecular weight excluding hydrogens is 478 g/mol. The van der Waals surface area contributed by atoms with Crippen LogP contribution in [0.4, 0.5) is 23.2 Å². The van der Waals surface area contributed by atoms with Crippen LogP contribution < -0.4 is 16.7 Å². The minimum atomic E-state index is -4.66. The van der Waals surface area contributed by atoms with Crippen LogP contribution >= 0.6 is 0 Å². The van der Waals surface area contributed by atoms with Crippen LogP contribution in [0.5, 0.6) is 0 Å². The molecule has 5 rings (SSSR count). The third kappa shape index (κ3) is 4.50. The van der Waals surface area contributed by atoms with Gasteiger partial charge in [0.1, 0.15) is 17.1 Å². The van der Waals surface area contributed by atoms with Crippen LogP contribution in [-0.4, -0.2) is 16.9 Å². The highest BCUT2D eigenvalue weighted by Crippen LogP contribution is 2.41. The average molecular weight is 499 g/mol. The number of amides is 1. The number of alkyl halides is 3. The Morgan fingerprint density at radius 2 is 1.78 bits per heavy atom. The summed E-state index contributed by atoms with van der Waals surface area (Å²) in [7, 11) is 0. The Balaban J connectivity index is 1.32.